The summed E-state index contributed by atoms with van der Waals surface area (Å²) in [5.41, 5.74) is 4.96. The van der Waals surface area contributed by atoms with Gasteiger partial charge in [-0.15, -0.1) is 0 Å². The van der Waals surface area contributed by atoms with Crippen LogP contribution in [-0.4, -0.2) is 43.6 Å². The van der Waals surface area contributed by atoms with Crippen LogP contribution in [0, 0.1) is 0 Å². The van der Waals surface area contributed by atoms with Crippen molar-refractivity contribution in [1.29, 1.82) is 0 Å². The second kappa shape index (κ2) is 9.20. The van der Waals surface area contributed by atoms with Crippen molar-refractivity contribution < 1.29 is 9.53 Å². The lowest BCUT2D eigenvalue weighted by Gasteiger charge is -2.10. The van der Waals surface area contributed by atoms with E-state index < -0.39 is 0 Å². The highest BCUT2D eigenvalue weighted by molar-refractivity contribution is 5.87. The lowest BCUT2D eigenvalue weighted by atomic mass is 10.1. The van der Waals surface area contributed by atoms with Crippen molar-refractivity contribution in [2.24, 2.45) is 0 Å². The van der Waals surface area contributed by atoms with Gasteiger partial charge in [-0.05, 0) is 36.8 Å². The number of ether oxygens (including phenoxy) is 1. The summed E-state index contributed by atoms with van der Waals surface area (Å²) in [6, 6.07) is 6.06. The standard InChI is InChI=1S/C25H26N6O2/c1-33-19-6-2-7-23-20(14-19)21(22-13-18-5-3-8-28-25(18)29-22)15-31(23)16-24(32)27-9-4-11-30-12-10-26-17-30/h2-3,5-6,8,10,12-15,17H,4,7,9,11,16H2,1H3,(H,27,32)(H,28,29). The number of nitrogens with zero attached hydrogens (tertiary/aromatic N) is 4. The molecule has 8 heteroatoms. The number of nitrogens with one attached hydrogen (secondary N) is 2. The van der Waals surface area contributed by atoms with Crippen molar-refractivity contribution in [1.82, 2.24) is 29.4 Å². The van der Waals surface area contributed by atoms with Crippen molar-refractivity contribution >= 4 is 23.0 Å². The first-order valence-electron chi connectivity index (χ1n) is 11.0. The number of rotatable bonds is 8. The summed E-state index contributed by atoms with van der Waals surface area (Å²) in [6.45, 7) is 1.71. The molecule has 0 spiro atoms. The molecule has 0 bridgehead atoms. The summed E-state index contributed by atoms with van der Waals surface area (Å²) in [6.07, 6.45) is 16.9. The Labute approximate surface area is 191 Å². The maximum atomic E-state index is 12.7. The van der Waals surface area contributed by atoms with Crippen molar-refractivity contribution in [2.75, 3.05) is 13.7 Å². The molecule has 0 aliphatic heterocycles. The number of fused-ring (bicyclic) bond motifs is 2. The Balaban J connectivity index is 1.39. The topological polar surface area (TPSA) is 89.8 Å². The predicted molar refractivity (Wildman–Crippen MR) is 127 cm³/mol. The number of H-pyrrole nitrogens is 1. The van der Waals surface area contributed by atoms with Gasteiger partial charge in [0.1, 0.15) is 18.0 Å². The second-order valence-electron chi connectivity index (χ2n) is 8.02. The number of aromatic amines is 1. The molecule has 0 radical (unpaired) electrons. The van der Waals surface area contributed by atoms with Crippen LogP contribution in [0.15, 0.2) is 67.2 Å². The van der Waals surface area contributed by atoms with Crippen LogP contribution in [0.3, 0.4) is 0 Å². The van der Waals surface area contributed by atoms with E-state index in [0.29, 0.717) is 13.0 Å². The van der Waals surface area contributed by atoms with Gasteiger partial charge in [0.05, 0.1) is 13.4 Å². The largest absolute Gasteiger partial charge is 0.497 e. The number of carbonyl (C=O) groups excluding carboxylic acids is 1. The number of carbonyl (C=O) groups is 1. The van der Waals surface area contributed by atoms with Gasteiger partial charge in [-0.1, -0.05) is 6.08 Å². The predicted octanol–water partition coefficient (Wildman–Crippen LogP) is 3.53. The Hall–Kier alpha value is -4.07. The summed E-state index contributed by atoms with van der Waals surface area (Å²) in [7, 11) is 1.67. The number of imidazole rings is 1. The van der Waals surface area contributed by atoms with Crippen LogP contribution in [0.1, 0.15) is 17.7 Å². The van der Waals surface area contributed by atoms with Gasteiger partial charge in [-0.3, -0.25) is 4.79 Å². The van der Waals surface area contributed by atoms with Crippen molar-refractivity contribution in [3.8, 4) is 11.3 Å². The molecule has 4 heterocycles. The zero-order valence-electron chi connectivity index (χ0n) is 18.5. The second-order valence-corrected chi connectivity index (χ2v) is 8.02. The monoisotopic (exact) mass is 442 g/mol. The lowest BCUT2D eigenvalue weighted by molar-refractivity contribution is -0.121. The van der Waals surface area contributed by atoms with E-state index in [1.165, 1.54) is 0 Å². The average Bonchev–Trinajstić information content (AvgIpc) is 3.52. The first-order valence-corrected chi connectivity index (χ1v) is 11.0. The molecular formula is C25H26N6O2. The molecule has 0 aromatic carbocycles. The summed E-state index contributed by atoms with van der Waals surface area (Å²) < 4.78 is 9.56. The Morgan fingerprint density at radius 3 is 3.09 bits per heavy atom. The molecule has 4 aromatic heterocycles. The van der Waals surface area contributed by atoms with E-state index in [-0.39, 0.29) is 12.5 Å². The van der Waals surface area contributed by atoms with E-state index in [1.807, 2.05) is 45.8 Å². The zero-order chi connectivity index (χ0) is 22.6. The minimum Gasteiger partial charge on any atom is -0.497 e. The highest BCUT2D eigenvalue weighted by Crippen LogP contribution is 2.33. The summed E-state index contributed by atoms with van der Waals surface area (Å²) in [5, 5.41) is 4.09. The molecule has 8 nitrogen and oxygen atoms in total. The fraction of sp³-hybridized carbons (Fsp3) is 0.240. The van der Waals surface area contributed by atoms with E-state index in [4.69, 9.17) is 4.74 Å². The molecule has 1 amide bonds. The molecule has 0 saturated carbocycles. The van der Waals surface area contributed by atoms with Crippen LogP contribution in [0.25, 0.3) is 28.4 Å². The molecule has 4 aromatic rings. The van der Waals surface area contributed by atoms with E-state index in [2.05, 4.69) is 32.4 Å². The van der Waals surface area contributed by atoms with Gasteiger partial charge >= 0.3 is 0 Å². The number of pyridine rings is 1. The van der Waals surface area contributed by atoms with E-state index in [0.717, 1.165) is 52.3 Å². The molecule has 0 fully saturated rings. The molecule has 0 atom stereocenters. The SMILES string of the molecule is COC1=Cc2c(-c3cc4cccnc4[nH]3)cn(CC(=O)NCCCn3ccnc3)c2CC=C1. The third-order valence-electron chi connectivity index (χ3n) is 5.82. The quantitative estimate of drug-likeness (QED) is 0.409. The van der Waals surface area contributed by atoms with Crippen LogP contribution in [-0.2, 0) is 29.0 Å². The number of amides is 1. The van der Waals surface area contributed by atoms with E-state index >= 15 is 0 Å². The first-order chi connectivity index (χ1) is 16.2. The van der Waals surface area contributed by atoms with Crippen LogP contribution >= 0.6 is 0 Å². The molecule has 0 saturated heterocycles. The van der Waals surface area contributed by atoms with Crippen LogP contribution < -0.4 is 5.32 Å². The Morgan fingerprint density at radius 1 is 1.33 bits per heavy atom. The number of methoxy groups -OCH3 is 1. The van der Waals surface area contributed by atoms with Crippen LogP contribution in [0.4, 0.5) is 0 Å². The number of aryl methyl sites for hydroxylation is 1. The number of hydrogen-bond donors (Lipinski definition) is 2. The van der Waals surface area contributed by atoms with Gasteiger partial charge in [0.2, 0.25) is 5.91 Å². The molecular weight excluding hydrogens is 416 g/mol. The number of allylic oxidation sites excluding steroid dienone is 2. The summed E-state index contributed by atoms with van der Waals surface area (Å²) in [4.78, 5) is 24.6. The molecule has 33 heavy (non-hydrogen) atoms. The van der Waals surface area contributed by atoms with Gasteiger partial charge in [0, 0.05) is 72.2 Å². The average molecular weight is 443 g/mol. The summed E-state index contributed by atoms with van der Waals surface area (Å²) >= 11 is 0. The van der Waals surface area contributed by atoms with E-state index in [9.17, 15) is 4.79 Å². The lowest BCUT2D eigenvalue weighted by Crippen LogP contribution is -2.29. The Kier molecular flexibility index (Phi) is 5.80. The molecule has 2 N–H and O–H groups in total. The van der Waals surface area contributed by atoms with Crippen molar-refractivity contribution in [3.05, 3.63) is 78.5 Å². The zero-order valence-corrected chi connectivity index (χ0v) is 18.5. The highest BCUT2D eigenvalue weighted by atomic mass is 16.5. The van der Waals surface area contributed by atoms with Gasteiger partial charge < -0.3 is 24.2 Å². The van der Waals surface area contributed by atoms with Crippen molar-refractivity contribution in [2.45, 2.75) is 25.9 Å². The minimum absolute atomic E-state index is 0.00698. The molecule has 168 valence electrons. The highest BCUT2D eigenvalue weighted by Gasteiger charge is 2.20. The number of hydrogen-bond acceptors (Lipinski definition) is 4. The minimum atomic E-state index is -0.00698. The van der Waals surface area contributed by atoms with Gasteiger partial charge in [0.25, 0.3) is 0 Å². The van der Waals surface area contributed by atoms with Gasteiger partial charge in [-0.25, -0.2) is 9.97 Å². The third-order valence-corrected chi connectivity index (χ3v) is 5.82. The Morgan fingerprint density at radius 2 is 2.27 bits per heavy atom. The third kappa shape index (κ3) is 4.45. The smallest absolute Gasteiger partial charge is 0.239 e. The number of aromatic nitrogens is 5. The van der Waals surface area contributed by atoms with Crippen LogP contribution in [0.5, 0.6) is 0 Å². The molecule has 5 rings (SSSR count). The molecule has 0 unspecified atom stereocenters. The maximum absolute atomic E-state index is 12.7. The maximum Gasteiger partial charge on any atom is 0.239 e. The first kappa shape index (κ1) is 20.8. The molecule has 1 aliphatic rings. The van der Waals surface area contributed by atoms with Crippen molar-refractivity contribution in [3.63, 3.8) is 0 Å². The molecule has 1 aliphatic carbocycles. The normalized spacial score (nSPS) is 12.9. The van der Waals surface area contributed by atoms with Gasteiger partial charge in [0.15, 0.2) is 0 Å². The Bertz CT molecular complexity index is 1290. The summed E-state index contributed by atoms with van der Waals surface area (Å²) in [5.74, 6) is 0.776. The van der Waals surface area contributed by atoms with E-state index in [1.54, 1.807) is 25.8 Å². The fourth-order valence-electron chi connectivity index (χ4n) is 4.18. The van der Waals surface area contributed by atoms with Gasteiger partial charge in [-0.2, -0.15) is 0 Å². The van der Waals surface area contributed by atoms with Crippen LogP contribution in [0.2, 0.25) is 0 Å². The fourth-order valence-corrected chi connectivity index (χ4v) is 4.18.